The number of fused-ring (bicyclic) bond motifs is 2. The first kappa shape index (κ1) is 26.9. The predicted molar refractivity (Wildman–Crippen MR) is 124 cm³/mol. The van der Waals surface area contributed by atoms with Crippen LogP contribution in [-0.2, 0) is 41.1 Å². The Morgan fingerprint density at radius 2 is 2.06 bits per heavy atom. The normalized spacial score (nSPS) is 30.0. The number of β-lactam (4-membered cyclic amide) rings is 1. The molecule has 2 amide bonds. The standard InChI is InChI=1S/C23H31N5O6S.ClH/c1-11-18-17(12(2)30)22(32)28(18)19(23(33)34)20(11)35-14-6-15(24-7-14)21(31)26-4-5-27-13(9-26)8-25(3)16(27)10-29;/h8,11-12,14-15,17-18,24,29-30H,4-7,9-10H2,1-3H3;1H/t11-,12-,14+,15+,17-,18-;/m1./s1. The number of hydrogen-bond donors (Lipinski definition) is 4. The van der Waals surface area contributed by atoms with E-state index in [1.54, 1.807) is 6.92 Å². The van der Waals surface area contributed by atoms with Crippen LogP contribution in [-0.4, -0.2) is 84.0 Å². The number of nitrogens with zero attached hydrogens (tertiary/aromatic N) is 4. The van der Waals surface area contributed by atoms with E-state index in [0.29, 0.717) is 37.5 Å². The molecule has 4 aliphatic heterocycles. The number of aliphatic carboxylic acids is 1. The lowest BCUT2D eigenvalue weighted by Crippen LogP contribution is -3.00. The molecular weight excluding hydrogens is 510 g/mol. The van der Waals surface area contributed by atoms with Crippen LogP contribution in [0.3, 0.4) is 0 Å². The lowest BCUT2D eigenvalue weighted by Gasteiger charge is -2.46. The highest BCUT2D eigenvalue weighted by Crippen LogP contribution is 2.51. The van der Waals surface area contributed by atoms with E-state index >= 15 is 0 Å². The Balaban J connectivity index is 0.00000304. The SMILES string of the molecule is C[C@@H](O)[C@H]1C(=O)N2C(C(=O)O)=C(S[C@@H]3CN[C@H](C(=O)N4CCn5c(c[n+](C)c5CO)C4)C3)[C@H](C)[C@H]12.[Cl-]. The molecule has 0 unspecified atom stereocenters. The van der Waals surface area contributed by atoms with Crippen molar-refractivity contribution in [1.82, 2.24) is 19.7 Å². The second kappa shape index (κ2) is 9.97. The van der Waals surface area contributed by atoms with Crippen molar-refractivity contribution in [2.24, 2.45) is 18.9 Å². The van der Waals surface area contributed by atoms with Gasteiger partial charge in [-0.05, 0) is 13.3 Å². The quantitative estimate of drug-likeness (QED) is 0.210. The zero-order valence-corrected chi connectivity index (χ0v) is 22.0. The minimum atomic E-state index is -1.13. The number of imidazole rings is 1. The minimum absolute atomic E-state index is 0. The zero-order chi connectivity index (χ0) is 25.2. The Morgan fingerprint density at radius 1 is 1.33 bits per heavy atom. The number of aliphatic hydroxyl groups excluding tert-OH is 2. The van der Waals surface area contributed by atoms with Crippen molar-refractivity contribution in [3.63, 3.8) is 0 Å². The summed E-state index contributed by atoms with van der Waals surface area (Å²) in [5.74, 6) is -1.40. The van der Waals surface area contributed by atoms with Crippen molar-refractivity contribution in [1.29, 1.82) is 0 Å². The number of nitrogens with one attached hydrogen (secondary N) is 1. The third-order valence-electron chi connectivity index (χ3n) is 7.80. The van der Waals surface area contributed by atoms with Crippen LogP contribution in [0.15, 0.2) is 16.8 Å². The Morgan fingerprint density at radius 3 is 2.69 bits per heavy atom. The molecule has 2 saturated heterocycles. The summed E-state index contributed by atoms with van der Waals surface area (Å²) in [6.07, 6.45) is 1.68. The van der Waals surface area contributed by atoms with Crippen LogP contribution in [0.25, 0.3) is 0 Å². The third kappa shape index (κ3) is 4.12. The van der Waals surface area contributed by atoms with Gasteiger partial charge in [0, 0.05) is 22.6 Å². The van der Waals surface area contributed by atoms with Crippen LogP contribution in [0, 0.1) is 11.8 Å². The number of amides is 2. The molecule has 1 aromatic rings. The van der Waals surface area contributed by atoms with E-state index in [1.165, 1.54) is 16.7 Å². The van der Waals surface area contributed by atoms with Gasteiger partial charge in [-0.15, -0.1) is 11.8 Å². The number of carbonyl (C=O) groups excluding carboxylic acids is 2. The predicted octanol–water partition coefficient (Wildman–Crippen LogP) is -4.23. The average Bonchev–Trinajstić information content (AvgIpc) is 3.46. The summed E-state index contributed by atoms with van der Waals surface area (Å²) in [7, 11) is 1.88. The number of hydrogen-bond acceptors (Lipinski definition) is 7. The molecule has 0 saturated carbocycles. The molecule has 0 bridgehead atoms. The van der Waals surface area contributed by atoms with Crippen LogP contribution in [0.1, 0.15) is 31.8 Å². The topological polar surface area (TPSA) is 139 Å². The molecule has 1 aromatic heterocycles. The summed E-state index contributed by atoms with van der Waals surface area (Å²) < 4.78 is 3.94. The van der Waals surface area contributed by atoms with Gasteiger partial charge in [0.05, 0.1) is 44.2 Å². The van der Waals surface area contributed by atoms with Gasteiger partial charge in [0.2, 0.25) is 11.8 Å². The monoisotopic (exact) mass is 541 g/mol. The number of aromatic nitrogens is 2. The van der Waals surface area contributed by atoms with Crippen molar-refractivity contribution in [3.05, 3.63) is 28.3 Å². The molecular formula is C23H32ClN5O6S. The highest BCUT2D eigenvalue weighted by Gasteiger charge is 2.60. The molecule has 2 fully saturated rings. The molecule has 36 heavy (non-hydrogen) atoms. The second-order valence-corrected chi connectivity index (χ2v) is 11.3. The lowest BCUT2D eigenvalue weighted by molar-refractivity contribution is -0.680. The van der Waals surface area contributed by atoms with E-state index < -0.39 is 18.0 Å². The zero-order valence-electron chi connectivity index (χ0n) is 20.4. The fourth-order valence-electron chi connectivity index (χ4n) is 6.06. The first-order valence-electron chi connectivity index (χ1n) is 12.0. The van der Waals surface area contributed by atoms with Gasteiger partial charge in [0.25, 0.3) is 5.82 Å². The largest absolute Gasteiger partial charge is 1.00 e. The van der Waals surface area contributed by atoms with Crippen molar-refractivity contribution < 1.29 is 46.7 Å². The Kier molecular flexibility index (Phi) is 7.46. The summed E-state index contributed by atoms with van der Waals surface area (Å²) in [5.41, 5.74) is 1.01. The molecule has 5 rings (SSSR count). The first-order valence-corrected chi connectivity index (χ1v) is 12.9. The lowest BCUT2D eigenvalue weighted by atomic mass is 9.79. The van der Waals surface area contributed by atoms with Crippen molar-refractivity contribution in [2.75, 3.05) is 13.1 Å². The number of aryl methyl sites for hydroxylation is 1. The molecule has 198 valence electrons. The van der Waals surface area contributed by atoms with Crippen molar-refractivity contribution >= 4 is 29.5 Å². The highest BCUT2D eigenvalue weighted by molar-refractivity contribution is 8.03. The summed E-state index contributed by atoms with van der Waals surface area (Å²) in [6, 6.07) is -0.688. The molecule has 6 atom stereocenters. The van der Waals surface area contributed by atoms with E-state index in [9.17, 15) is 29.7 Å². The molecule has 0 radical (unpaired) electrons. The van der Waals surface area contributed by atoms with Crippen molar-refractivity contribution in [2.45, 2.75) is 63.4 Å². The van der Waals surface area contributed by atoms with E-state index in [0.717, 1.165) is 11.5 Å². The van der Waals surface area contributed by atoms with Crippen LogP contribution >= 0.6 is 11.8 Å². The van der Waals surface area contributed by atoms with Gasteiger partial charge < -0.3 is 42.8 Å². The number of thioether (sulfide) groups is 1. The second-order valence-electron chi connectivity index (χ2n) is 9.93. The van der Waals surface area contributed by atoms with E-state index in [4.69, 9.17) is 0 Å². The van der Waals surface area contributed by atoms with Gasteiger partial charge in [0.15, 0.2) is 5.69 Å². The molecule has 4 aliphatic rings. The smallest absolute Gasteiger partial charge is 0.353 e. The number of carbonyl (C=O) groups is 3. The molecule has 0 spiro atoms. The van der Waals surface area contributed by atoms with Crippen LogP contribution in [0.2, 0.25) is 0 Å². The fourth-order valence-corrected chi connectivity index (χ4v) is 7.54. The third-order valence-corrected chi connectivity index (χ3v) is 9.31. The van der Waals surface area contributed by atoms with E-state index in [2.05, 4.69) is 9.88 Å². The Bertz CT molecular complexity index is 1120. The van der Waals surface area contributed by atoms with E-state index in [-0.39, 0.29) is 59.8 Å². The summed E-state index contributed by atoms with van der Waals surface area (Å²) >= 11 is 1.44. The maximum absolute atomic E-state index is 13.3. The molecule has 4 N–H and O–H groups in total. The van der Waals surface area contributed by atoms with E-state index in [1.807, 2.05) is 29.6 Å². The summed E-state index contributed by atoms with van der Waals surface area (Å²) in [5, 5.41) is 32.8. The van der Waals surface area contributed by atoms with Crippen LogP contribution < -0.4 is 22.3 Å². The number of halogens is 1. The number of carboxylic acids is 1. The summed E-state index contributed by atoms with van der Waals surface area (Å²) in [6.45, 7) is 5.66. The highest BCUT2D eigenvalue weighted by atomic mass is 35.5. The maximum atomic E-state index is 13.3. The van der Waals surface area contributed by atoms with Crippen LogP contribution in [0.5, 0.6) is 0 Å². The minimum Gasteiger partial charge on any atom is -1.00 e. The van der Waals surface area contributed by atoms with Crippen LogP contribution in [0.4, 0.5) is 0 Å². The fraction of sp³-hybridized carbons (Fsp3) is 0.652. The molecule has 11 nitrogen and oxygen atoms in total. The van der Waals surface area contributed by atoms with Gasteiger partial charge in [-0.2, -0.15) is 0 Å². The first-order chi connectivity index (χ1) is 16.6. The van der Waals surface area contributed by atoms with Gasteiger partial charge in [0.1, 0.15) is 25.0 Å². The van der Waals surface area contributed by atoms with Gasteiger partial charge in [-0.1, -0.05) is 6.92 Å². The van der Waals surface area contributed by atoms with Crippen molar-refractivity contribution in [3.8, 4) is 0 Å². The average molecular weight is 542 g/mol. The summed E-state index contributed by atoms with van der Waals surface area (Å²) in [4.78, 5) is 41.7. The van der Waals surface area contributed by atoms with Gasteiger partial charge in [-0.3, -0.25) is 9.59 Å². The Labute approximate surface area is 219 Å². The number of rotatable bonds is 6. The molecule has 0 aliphatic carbocycles. The maximum Gasteiger partial charge on any atom is 0.353 e. The molecule has 0 aromatic carbocycles. The number of carboxylic acid groups (broad SMARTS) is 1. The van der Waals surface area contributed by atoms with Gasteiger partial charge >= 0.3 is 5.97 Å². The molecule has 5 heterocycles. The molecule has 13 heteroatoms. The van der Waals surface area contributed by atoms with Gasteiger partial charge in [-0.25, -0.2) is 13.9 Å². The Hall–Kier alpha value is -2.12. The number of aliphatic hydroxyl groups is 2.